The summed E-state index contributed by atoms with van der Waals surface area (Å²) in [4.78, 5) is 27.2. The molecule has 0 aromatic rings. The van der Waals surface area contributed by atoms with Gasteiger partial charge in [-0.15, -0.1) is 0 Å². The Kier molecular flexibility index (Phi) is 8.07. The van der Waals surface area contributed by atoms with Crippen LogP contribution in [0.15, 0.2) is 0 Å². The molecule has 6 fully saturated rings. The summed E-state index contributed by atoms with van der Waals surface area (Å²) in [5.74, 6) is 2.24. The number of nitrogens with zero attached hydrogens (tertiary/aromatic N) is 2. The quantitative estimate of drug-likeness (QED) is 0.380. The third-order valence-corrected chi connectivity index (χ3v) is 13.8. The van der Waals surface area contributed by atoms with Gasteiger partial charge in [-0.2, -0.15) is 0 Å². The number of esters is 2. The van der Waals surface area contributed by atoms with Crippen LogP contribution >= 0.6 is 0 Å². The van der Waals surface area contributed by atoms with E-state index in [-0.39, 0.29) is 47.1 Å². The average Bonchev–Trinajstić information content (AvgIpc) is 3.22. The number of hydrogen-bond donors (Lipinski definition) is 1. The van der Waals surface area contributed by atoms with Gasteiger partial charge in [0.2, 0.25) is 0 Å². The van der Waals surface area contributed by atoms with Gasteiger partial charge in [0.15, 0.2) is 6.10 Å². The van der Waals surface area contributed by atoms with Crippen molar-refractivity contribution >= 4 is 11.9 Å². The number of ether oxygens (including phenoxy) is 2. The lowest BCUT2D eigenvalue weighted by Crippen LogP contribution is -2.61. The van der Waals surface area contributed by atoms with Crippen LogP contribution in [0, 0.1) is 34.5 Å². The number of fused-ring (bicyclic) bond motifs is 5. The number of rotatable bonds is 4. The van der Waals surface area contributed by atoms with E-state index in [9.17, 15) is 14.7 Å². The van der Waals surface area contributed by atoms with Crippen molar-refractivity contribution in [1.82, 2.24) is 4.90 Å². The number of quaternary nitrogens is 1. The highest BCUT2D eigenvalue weighted by molar-refractivity contribution is 5.66. The third-order valence-electron chi connectivity index (χ3n) is 13.8. The monoisotopic (exact) mass is 573 g/mol. The van der Waals surface area contributed by atoms with Crippen LogP contribution in [-0.2, 0) is 19.1 Å². The van der Waals surface area contributed by atoms with E-state index in [0.717, 1.165) is 49.7 Å². The maximum atomic E-state index is 12.5. The summed E-state index contributed by atoms with van der Waals surface area (Å²) in [7, 11) is 2.45. The predicted molar refractivity (Wildman–Crippen MR) is 158 cm³/mol. The molecule has 0 radical (unpaired) electrons. The van der Waals surface area contributed by atoms with Crippen LogP contribution in [0.25, 0.3) is 0 Å². The van der Waals surface area contributed by atoms with Gasteiger partial charge in [0.1, 0.15) is 12.1 Å². The molecule has 0 spiro atoms. The van der Waals surface area contributed by atoms with Crippen LogP contribution in [0.3, 0.4) is 0 Å². The van der Waals surface area contributed by atoms with Gasteiger partial charge >= 0.3 is 11.9 Å². The molecule has 0 aromatic heterocycles. The summed E-state index contributed by atoms with van der Waals surface area (Å²) in [6.07, 6.45) is 13.4. The Morgan fingerprint density at radius 3 is 2.20 bits per heavy atom. The van der Waals surface area contributed by atoms with Gasteiger partial charge in [0.25, 0.3) is 0 Å². The highest BCUT2D eigenvalue weighted by atomic mass is 16.5. The largest absolute Gasteiger partial charge is 0.461 e. The van der Waals surface area contributed by atoms with Crippen LogP contribution in [0.4, 0.5) is 0 Å². The topological polar surface area (TPSA) is 76.1 Å². The molecule has 0 bridgehead atoms. The van der Waals surface area contributed by atoms with Gasteiger partial charge in [-0.05, 0) is 99.7 Å². The molecule has 232 valence electrons. The molecule has 6 aliphatic rings. The molecule has 41 heavy (non-hydrogen) atoms. The molecular formula is C34H57N2O5+. The standard InChI is InChI=1S/C34H57N2O5/c1-22(37)40-31-19-24-9-10-26-27(34(24,4)21-29(31)35-15-12-25(39)13-16-35)11-14-33(3)28(26)20-30(32(33)41-23(2)38)36(5)17-7-6-8-18-36/h24-32,39H,6-21H2,1-5H3/q+1/t24?,26-,27-,28+,29?,30?,31?,32?,33+,34+/m1/s1. The summed E-state index contributed by atoms with van der Waals surface area (Å²) >= 11 is 0. The minimum absolute atomic E-state index is 0.0202. The van der Waals surface area contributed by atoms with Crippen molar-refractivity contribution in [2.45, 2.75) is 135 Å². The lowest BCUT2D eigenvalue weighted by atomic mass is 9.44. The van der Waals surface area contributed by atoms with Crippen molar-refractivity contribution in [2.24, 2.45) is 34.5 Å². The molecule has 2 saturated heterocycles. The Morgan fingerprint density at radius 2 is 1.54 bits per heavy atom. The van der Waals surface area contributed by atoms with E-state index in [0.29, 0.717) is 29.7 Å². The first-order valence-corrected chi connectivity index (χ1v) is 17.1. The van der Waals surface area contributed by atoms with E-state index in [1.54, 1.807) is 13.8 Å². The number of aliphatic hydroxyl groups excluding tert-OH is 1. The van der Waals surface area contributed by atoms with Gasteiger partial charge in [0, 0.05) is 44.8 Å². The van der Waals surface area contributed by atoms with E-state index in [1.807, 2.05) is 0 Å². The molecule has 0 amide bonds. The maximum Gasteiger partial charge on any atom is 0.303 e. The van der Waals surface area contributed by atoms with Crippen molar-refractivity contribution in [3.63, 3.8) is 0 Å². The molecule has 4 saturated carbocycles. The first-order chi connectivity index (χ1) is 19.4. The molecule has 7 heteroatoms. The summed E-state index contributed by atoms with van der Waals surface area (Å²) in [5.41, 5.74) is 0.275. The number of hydrogen-bond acceptors (Lipinski definition) is 6. The van der Waals surface area contributed by atoms with Crippen LogP contribution in [-0.4, -0.2) is 90.1 Å². The van der Waals surface area contributed by atoms with Crippen molar-refractivity contribution in [1.29, 1.82) is 0 Å². The van der Waals surface area contributed by atoms with E-state index in [2.05, 4.69) is 25.8 Å². The number of aliphatic hydroxyl groups is 1. The summed E-state index contributed by atoms with van der Waals surface area (Å²) in [6.45, 7) is 12.4. The second-order valence-corrected chi connectivity index (χ2v) is 15.9. The van der Waals surface area contributed by atoms with E-state index < -0.39 is 0 Å². The Balaban J connectivity index is 1.28. The van der Waals surface area contributed by atoms with Crippen LogP contribution in [0.5, 0.6) is 0 Å². The molecule has 0 aromatic carbocycles. The predicted octanol–water partition coefficient (Wildman–Crippen LogP) is 4.94. The Labute approximate surface area is 248 Å². The van der Waals surface area contributed by atoms with Crippen molar-refractivity contribution < 1.29 is 28.7 Å². The van der Waals surface area contributed by atoms with Gasteiger partial charge in [-0.1, -0.05) is 13.8 Å². The second kappa shape index (κ2) is 11.1. The molecule has 2 heterocycles. The van der Waals surface area contributed by atoms with Crippen LogP contribution in [0.2, 0.25) is 0 Å². The normalized spacial score (nSPS) is 46.6. The summed E-state index contributed by atoms with van der Waals surface area (Å²) in [5, 5.41) is 10.2. The average molecular weight is 574 g/mol. The molecule has 2 aliphatic heterocycles. The summed E-state index contributed by atoms with van der Waals surface area (Å²) < 4.78 is 13.5. The smallest absolute Gasteiger partial charge is 0.303 e. The van der Waals surface area contributed by atoms with Crippen molar-refractivity contribution in [3.8, 4) is 0 Å². The number of likely N-dealkylation sites (N-methyl/N-ethyl adjacent to an activating group) is 1. The van der Waals surface area contributed by atoms with E-state index >= 15 is 0 Å². The molecule has 5 unspecified atom stereocenters. The highest BCUT2D eigenvalue weighted by Crippen LogP contribution is 2.67. The van der Waals surface area contributed by atoms with E-state index in [1.165, 1.54) is 58.0 Å². The van der Waals surface area contributed by atoms with Crippen molar-refractivity contribution in [3.05, 3.63) is 0 Å². The molecular weight excluding hydrogens is 516 g/mol. The van der Waals surface area contributed by atoms with Gasteiger partial charge in [-0.3, -0.25) is 14.5 Å². The fraction of sp³-hybridized carbons (Fsp3) is 0.941. The SMILES string of the molecule is CC(=O)OC1CC2CC[C@@H]3[C@@H](CC[C@]4(C)C(OC(C)=O)C([N+]5(C)CCCCC5)C[C@@H]34)[C@@]2(C)CC1N1CCC(O)CC1. The van der Waals surface area contributed by atoms with Gasteiger partial charge < -0.3 is 19.1 Å². The highest BCUT2D eigenvalue weighted by Gasteiger charge is 2.67. The van der Waals surface area contributed by atoms with Crippen molar-refractivity contribution in [2.75, 3.05) is 33.2 Å². The molecule has 7 nitrogen and oxygen atoms in total. The third kappa shape index (κ3) is 5.18. The molecule has 10 atom stereocenters. The minimum atomic E-state index is -0.203. The Hall–Kier alpha value is -1.18. The van der Waals surface area contributed by atoms with Crippen LogP contribution < -0.4 is 0 Å². The van der Waals surface area contributed by atoms with Crippen LogP contribution in [0.1, 0.15) is 105 Å². The van der Waals surface area contributed by atoms with Gasteiger partial charge in [0.05, 0.1) is 26.2 Å². The summed E-state index contributed by atoms with van der Waals surface area (Å²) in [6, 6.07) is 0.647. The Bertz CT molecular complexity index is 990. The number of carbonyl (C=O) groups excluding carboxylic acids is 2. The lowest BCUT2D eigenvalue weighted by Gasteiger charge is -2.62. The first kappa shape index (κ1) is 29.9. The lowest BCUT2D eigenvalue weighted by molar-refractivity contribution is -0.940. The minimum Gasteiger partial charge on any atom is -0.461 e. The van der Waals surface area contributed by atoms with Gasteiger partial charge in [-0.25, -0.2) is 0 Å². The second-order valence-electron chi connectivity index (χ2n) is 15.9. The molecule has 1 N–H and O–H groups in total. The number of piperidine rings is 2. The number of carbonyl (C=O) groups is 2. The van der Waals surface area contributed by atoms with E-state index in [4.69, 9.17) is 9.47 Å². The first-order valence-electron chi connectivity index (χ1n) is 17.1. The maximum absolute atomic E-state index is 12.5. The fourth-order valence-corrected chi connectivity index (χ4v) is 11.7. The zero-order chi connectivity index (χ0) is 29.2. The molecule has 6 rings (SSSR count). The number of likely N-dealkylation sites (tertiary alicyclic amines) is 2. The zero-order valence-corrected chi connectivity index (χ0v) is 26.5. The zero-order valence-electron chi connectivity index (χ0n) is 26.5. The molecule has 4 aliphatic carbocycles. The Morgan fingerprint density at radius 1 is 0.854 bits per heavy atom. The fourth-order valence-electron chi connectivity index (χ4n) is 11.7.